The molecule has 1 unspecified atom stereocenters. The molecule has 5 heteroatoms. The van der Waals surface area contributed by atoms with Crippen LogP contribution < -0.4 is 5.73 Å². The number of rotatable bonds is 3. The van der Waals surface area contributed by atoms with Crippen molar-refractivity contribution >= 4 is 11.8 Å². The molecular weight excluding hydrogens is 326 g/mol. The van der Waals surface area contributed by atoms with Crippen LogP contribution in [-0.4, -0.2) is 27.3 Å². The van der Waals surface area contributed by atoms with Crippen LogP contribution in [-0.2, 0) is 17.8 Å². The molecule has 1 aliphatic heterocycles. The Morgan fingerprint density at radius 1 is 0.923 bits per heavy atom. The number of fused-ring (bicyclic) bond motifs is 1. The molecule has 1 aliphatic rings. The summed E-state index contributed by atoms with van der Waals surface area (Å²) in [5.74, 6) is -0.660. The molecule has 0 saturated heterocycles. The van der Waals surface area contributed by atoms with Gasteiger partial charge in [0.25, 0.3) is 5.91 Å². The molecule has 0 spiro atoms. The van der Waals surface area contributed by atoms with Gasteiger partial charge in [0.05, 0.1) is 0 Å². The summed E-state index contributed by atoms with van der Waals surface area (Å²) in [4.78, 5) is 26.7. The minimum atomic E-state index is -0.632. The fraction of sp³-hybridized carbons (Fsp3) is 0.143. The Morgan fingerprint density at radius 3 is 2.38 bits per heavy atom. The van der Waals surface area contributed by atoms with Crippen molar-refractivity contribution in [1.29, 1.82) is 0 Å². The van der Waals surface area contributed by atoms with Crippen LogP contribution in [0.1, 0.15) is 21.5 Å². The highest BCUT2D eigenvalue weighted by molar-refractivity contribution is 5.98. The fourth-order valence-corrected chi connectivity index (χ4v) is 3.46. The molecule has 1 atom stereocenters. The van der Waals surface area contributed by atoms with Crippen LogP contribution in [0.25, 0.3) is 5.69 Å². The maximum absolute atomic E-state index is 13.2. The van der Waals surface area contributed by atoms with Gasteiger partial charge >= 0.3 is 0 Å². The van der Waals surface area contributed by atoms with Crippen LogP contribution in [0.5, 0.6) is 0 Å². The highest BCUT2D eigenvalue weighted by atomic mass is 16.2. The molecule has 2 N–H and O–H groups in total. The van der Waals surface area contributed by atoms with Crippen molar-refractivity contribution in [2.45, 2.75) is 19.0 Å². The first-order chi connectivity index (χ1) is 12.6. The number of hydrogen-bond acceptors (Lipinski definition) is 2. The normalized spacial score (nSPS) is 16.2. The molecule has 5 nitrogen and oxygen atoms in total. The van der Waals surface area contributed by atoms with Gasteiger partial charge in [-0.15, -0.1) is 0 Å². The molecule has 2 aromatic carbocycles. The van der Waals surface area contributed by atoms with Crippen LogP contribution in [0, 0.1) is 0 Å². The number of amides is 2. The zero-order valence-electron chi connectivity index (χ0n) is 14.2. The van der Waals surface area contributed by atoms with E-state index in [4.69, 9.17) is 5.73 Å². The lowest BCUT2D eigenvalue weighted by Gasteiger charge is -2.35. The third kappa shape index (κ3) is 2.88. The Kier molecular flexibility index (Phi) is 4.05. The maximum Gasteiger partial charge on any atom is 0.254 e. The lowest BCUT2D eigenvalue weighted by Crippen LogP contribution is -2.51. The third-order valence-electron chi connectivity index (χ3n) is 4.83. The quantitative estimate of drug-likeness (QED) is 0.792. The smallest absolute Gasteiger partial charge is 0.254 e. The highest BCUT2D eigenvalue weighted by Crippen LogP contribution is 2.25. The minimum absolute atomic E-state index is 0.183. The first kappa shape index (κ1) is 16.1. The second-order valence-electron chi connectivity index (χ2n) is 6.46. The number of primary amides is 1. The van der Waals surface area contributed by atoms with Crippen molar-refractivity contribution in [2.75, 3.05) is 0 Å². The molecule has 0 saturated carbocycles. The number of nitrogens with zero attached hydrogens (tertiary/aromatic N) is 2. The Labute approximate surface area is 151 Å². The largest absolute Gasteiger partial charge is 0.368 e. The van der Waals surface area contributed by atoms with Gasteiger partial charge in [-0.3, -0.25) is 9.59 Å². The van der Waals surface area contributed by atoms with Crippen molar-refractivity contribution in [3.63, 3.8) is 0 Å². The monoisotopic (exact) mass is 345 g/mol. The zero-order valence-corrected chi connectivity index (χ0v) is 14.2. The van der Waals surface area contributed by atoms with Gasteiger partial charge in [-0.1, -0.05) is 30.3 Å². The summed E-state index contributed by atoms with van der Waals surface area (Å²) < 4.78 is 1.94. The van der Waals surface area contributed by atoms with E-state index in [1.165, 1.54) is 0 Å². The van der Waals surface area contributed by atoms with Crippen LogP contribution in [0.15, 0.2) is 73.1 Å². The van der Waals surface area contributed by atoms with Crippen molar-refractivity contribution in [2.24, 2.45) is 5.73 Å². The second kappa shape index (κ2) is 6.52. The van der Waals surface area contributed by atoms with Crippen molar-refractivity contribution in [1.82, 2.24) is 9.47 Å². The predicted octanol–water partition coefficient (Wildman–Crippen LogP) is 2.53. The Hall–Kier alpha value is -3.34. The highest BCUT2D eigenvalue weighted by Gasteiger charge is 2.33. The molecule has 2 heterocycles. The van der Waals surface area contributed by atoms with E-state index in [2.05, 4.69) is 0 Å². The molecule has 1 aromatic heterocycles. The number of hydrogen-bond donors (Lipinski definition) is 1. The first-order valence-electron chi connectivity index (χ1n) is 8.54. The Morgan fingerprint density at radius 2 is 1.65 bits per heavy atom. The number of carbonyl (C=O) groups is 2. The number of carbonyl (C=O) groups excluding carboxylic acids is 2. The van der Waals surface area contributed by atoms with Crippen LogP contribution >= 0.6 is 0 Å². The van der Waals surface area contributed by atoms with E-state index in [1.807, 2.05) is 71.6 Å². The van der Waals surface area contributed by atoms with Gasteiger partial charge in [-0.2, -0.15) is 0 Å². The average Bonchev–Trinajstić information content (AvgIpc) is 3.21. The van der Waals surface area contributed by atoms with Gasteiger partial charge in [0.1, 0.15) is 6.04 Å². The number of nitrogens with two attached hydrogens (primary N) is 1. The third-order valence-corrected chi connectivity index (χ3v) is 4.83. The lowest BCUT2D eigenvalue weighted by atomic mass is 9.93. The lowest BCUT2D eigenvalue weighted by molar-refractivity contribution is -0.122. The van der Waals surface area contributed by atoms with E-state index < -0.39 is 11.9 Å². The molecule has 3 aromatic rings. The molecule has 130 valence electrons. The fourth-order valence-electron chi connectivity index (χ4n) is 3.46. The summed E-state index contributed by atoms with van der Waals surface area (Å²) in [6.45, 7) is 0.385. The van der Waals surface area contributed by atoms with Crippen LogP contribution in [0.3, 0.4) is 0 Å². The van der Waals surface area contributed by atoms with E-state index in [0.717, 1.165) is 16.8 Å². The Balaban J connectivity index is 1.68. The summed E-state index contributed by atoms with van der Waals surface area (Å²) in [7, 11) is 0. The maximum atomic E-state index is 13.2. The summed E-state index contributed by atoms with van der Waals surface area (Å²) in [6, 6.07) is 18.5. The molecule has 0 radical (unpaired) electrons. The molecule has 0 aliphatic carbocycles. The standard InChI is InChI=1S/C21H19N3O2/c22-20(25)19-13-15-6-1-2-7-17(15)14-24(19)21(26)16-8-5-9-18(12-16)23-10-3-4-11-23/h1-12,19H,13-14H2,(H2,22,25). The van der Waals surface area contributed by atoms with E-state index in [0.29, 0.717) is 18.5 Å². The molecule has 2 amide bonds. The van der Waals surface area contributed by atoms with Crippen molar-refractivity contribution in [3.05, 3.63) is 89.7 Å². The van der Waals surface area contributed by atoms with Gasteiger partial charge in [0, 0.05) is 36.6 Å². The zero-order chi connectivity index (χ0) is 18.1. The predicted molar refractivity (Wildman–Crippen MR) is 98.8 cm³/mol. The topological polar surface area (TPSA) is 68.3 Å². The van der Waals surface area contributed by atoms with Gasteiger partial charge < -0.3 is 15.2 Å². The van der Waals surface area contributed by atoms with Gasteiger partial charge in [-0.05, 0) is 41.5 Å². The van der Waals surface area contributed by atoms with Crippen LogP contribution in [0.4, 0.5) is 0 Å². The SMILES string of the molecule is NC(=O)C1Cc2ccccc2CN1C(=O)c1cccc(-n2cccc2)c1. The molecule has 0 bridgehead atoms. The number of aromatic nitrogens is 1. The Bertz CT molecular complexity index is 963. The van der Waals surface area contributed by atoms with Crippen molar-refractivity contribution < 1.29 is 9.59 Å². The summed E-state index contributed by atoms with van der Waals surface area (Å²) >= 11 is 0. The van der Waals surface area contributed by atoms with E-state index in [1.54, 1.807) is 11.0 Å². The van der Waals surface area contributed by atoms with Crippen LogP contribution in [0.2, 0.25) is 0 Å². The van der Waals surface area contributed by atoms with E-state index in [9.17, 15) is 9.59 Å². The van der Waals surface area contributed by atoms with Gasteiger partial charge in [0.2, 0.25) is 5.91 Å². The minimum Gasteiger partial charge on any atom is -0.368 e. The van der Waals surface area contributed by atoms with Crippen molar-refractivity contribution in [3.8, 4) is 5.69 Å². The molecule has 26 heavy (non-hydrogen) atoms. The summed E-state index contributed by atoms with van der Waals surface area (Å²) in [5, 5.41) is 0. The van der Waals surface area contributed by atoms with E-state index >= 15 is 0 Å². The second-order valence-corrected chi connectivity index (χ2v) is 6.46. The van der Waals surface area contributed by atoms with E-state index in [-0.39, 0.29) is 5.91 Å². The number of benzene rings is 2. The molecular formula is C21H19N3O2. The average molecular weight is 345 g/mol. The summed E-state index contributed by atoms with van der Waals surface area (Å²) in [6.07, 6.45) is 4.30. The molecule has 0 fully saturated rings. The van der Waals surface area contributed by atoms with Gasteiger partial charge in [-0.25, -0.2) is 0 Å². The summed E-state index contributed by atoms with van der Waals surface area (Å²) in [5.41, 5.74) is 9.17. The molecule has 4 rings (SSSR count). The van der Waals surface area contributed by atoms with Gasteiger partial charge in [0.15, 0.2) is 0 Å². The first-order valence-corrected chi connectivity index (χ1v) is 8.54.